The van der Waals surface area contributed by atoms with Gasteiger partial charge >= 0.3 is 11.9 Å². The fourth-order valence-electron chi connectivity index (χ4n) is 4.68. The Labute approximate surface area is 241 Å². The molecule has 0 saturated heterocycles. The lowest BCUT2D eigenvalue weighted by molar-refractivity contribution is -0.138. The Morgan fingerprint density at radius 3 is 2.21 bits per heavy atom. The minimum absolute atomic E-state index is 0.0505. The van der Waals surface area contributed by atoms with Crippen LogP contribution in [-0.4, -0.2) is 39.9 Å². The van der Waals surface area contributed by atoms with Gasteiger partial charge in [0.1, 0.15) is 31.3 Å². The summed E-state index contributed by atoms with van der Waals surface area (Å²) in [5.74, 6) is -2.79. The molecule has 7 nitrogen and oxygen atoms in total. The summed E-state index contributed by atoms with van der Waals surface area (Å²) >= 11 is 0. The first kappa shape index (κ1) is 30.0. The van der Waals surface area contributed by atoms with Crippen molar-refractivity contribution in [3.8, 4) is 11.5 Å². The van der Waals surface area contributed by atoms with Gasteiger partial charge in [0.25, 0.3) is 0 Å². The molecule has 218 valence electrons. The summed E-state index contributed by atoms with van der Waals surface area (Å²) in [7, 11) is 0. The normalized spacial score (nSPS) is 11.5. The second-order valence-electron chi connectivity index (χ2n) is 9.61. The molecular formula is C33H31F2NO6. The lowest BCUT2D eigenvalue weighted by atomic mass is 10.0. The maximum Gasteiger partial charge on any atom is 0.323 e. The predicted octanol–water partition coefficient (Wildman–Crippen LogP) is 6.90. The molecule has 2 N–H and O–H groups in total. The van der Waals surface area contributed by atoms with Crippen LogP contribution in [-0.2, 0) is 22.6 Å². The molecule has 0 aliphatic carbocycles. The molecule has 0 amide bonds. The fraction of sp³-hybridized carbons (Fsp3) is 0.212. The monoisotopic (exact) mass is 575 g/mol. The van der Waals surface area contributed by atoms with Gasteiger partial charge in [0.15, 0.2) is 11.6 Å². The lowest BCUT2D eigenvalue weighted by Crippen LogP contribution is -2.10. The Bertz CT molecular complexity index is 1620. The first-order chi connectivity index (χ1) is 20.2. The van der Waals surface area contributed by atoms with Crippen molar-refractivity contribution in [2.45, 2.75) is 32.7 Å². The maximum atomic E-state index is 13.2. The van der Waals surface area contributed by atoms with Crippen LogP contribution in [0.5, 0.6) is 11.5 Å². The predicted molar refractivity (Wildman–Crippen MR) is 157 cm³/mol. The molecule has 3 aromatic carbocycles. The number of ether oxygens (including phenoxy) is 2. The van der Waals surface area contributed by atoms with Crippen molar-refractivity contribution in [1.29, 1.82) is 0 Å². The van der Waals surface area contributed by atoms with Crippen LogP contribution in [0.25, 0.3) is 23.1 Å². The number of hydrogen-bond acceptors (Lipinski definition) is 4. The van der Waals surface area contributed by atoms with Gasteiger partial charge in [0.2, 0.25) is 0 Å². The van der Waals surface area contributed by atoms with Crippen molar-refractivity contribution in [1.82, 2.24) is 4.57 Å². The third kappa shape index (κ3) is 7.84. The molecule has 0 aliphatic heterocycles. The number of aliphatic carboxylic acids is 2. The lowest BCUT2D eigenvalue weighted by Gasteiger charge is -2.08. The molecule has 1 heterocycles. The van der Waals surface area contributed by atoms with Gasteiger partial charge in [0.05, 0.1) is 5.52 Å². The Kier molecular flexibility index (Phi) is 10.1. The number of nitrogens with zero attached hydrogens (tertiary/aromatic N) is 1. The number of para-hydroxylation sites is 1. The number of carboxylic acid groups (broad SMARTS) is 2. The number of carbonyl (C=O) groups is 2. The molecule has 42 heavy (non-hydrogen) atoms. The number of fused-ring (bicyclic) bond motifs is 1. The van der Waals surface area contributed by atoms with E-state index in [1.165, 1.54) is 6.07 Å². The highest BCUT2D eigenvalue weighted by molar-refractivity contribution is 5.95. The van der Waals surface area contributed by atoms with E-state index >= 15 is 0 Å². The van der Waals surface area contributed by atoms with Gasteiger partial charge in [-0.15, -0.1) is 0 Å². The highest BCUT2D eigenvalue weighted by Crippen LogP contribution is 2.31. The minimum Gasteiger partial charge on any atom is -0.490 e. The number of aromatic nitrogens is 1. The first-order valence-corrected chi connectivity index (χ1v) is 13.4. The van der Waals surface area contributed by atoms with Crippen LogP contribution < -0.4 is 9.47 Å². The van der Waals surface area contributed by atoms with Gasteiger partial charge in [-0.25, -0.2) is 8.78 Å². The largest absolute Gasteiger partial charge is 0.490 e. The van der Waals surface area contributed by atoms with Crippen LogP contribution in [0.1, 0.15) is 35.2 Å². The second-order valence-corrected chi connectivity index (χ2v) is 9.61. The molecule has 4 rings (SSSR count). The van der Waals surface area contributed by atoms with E-state index in [9.17, 15) is 23.5 Å². The summed E-state index contributed by atoms with van der Waals surface area (Å²) in [6.45, 7) is 2.17. The zero-order valence-electron chi connectivity index (χ0n) is 23.1. The molecule has 0 aliphatic rings. The third-order valence-corrected chi connectivity index (χ3v) is 6.70. The summed E-state index contributed by atoms with van der Waals surface area (Å²) in [4.78, 5) is 22.7. The van der Waals surface area contributed by atoms with E-state index in [0.29, 0.717) is 25.2 Å². The van der Waals surface area contributed by atoms with E-state index < -0.39 is 23.6 Å². The van der Waals surface area contributed by atoms with E-state index in [1.54, 1.807) is 16.7 Å². The third-order valence-electron chi connectivity index (χ3n) is 6.70. The topological polar surface area (TPSA) is 98.0 Å². The number of benzene rings is 3. The standard InChI is InChI=1S/C33H31F2NO6/c1-22-27(7-5-9-31(37)38)28-8-4-6-24(33(28)36(22)21-32(39)40)13-10-23-11-14-25(15-12-23)41-18-2-3-19-42-26-16-17-29(34)30(35)20-26/h2-4,6,8,10-17,20H,5,7,9,18-19,21H2,1H3,(H,37,38)(H,39,40)/b3-2+,13-10+. The summed E-state index contributed by atoms with van der Waals surface area (Å²) in [5, 5.41) is 19.5. The van der Waals surface area contributed by atoms with Gasteiger partial charge in [-0.1, -0.05) is 42.5 Å². The zero-order chi connectivity index (χ0) is 30.1. The van der Waals surface area contributed by atoms with E-state index in [1.807, 2.05) is 61.5 Å². The van der Waals surface area contributed by atoms with Crippen LogP contribution in [0, 0.1) is 18.6 Å². The smallest absolute Gasteiger partial charge is 0.323 e. The Balaban J connectivity index is 1.40. The van der Waals surface area contributed by atoms with Gasteiger partial charge in [-0.3, -0.25) is 9.59 Å². The molecule has 0 unspecified atom stereocenters. The summed E-state index contributed by atoms with van der Waals surface area (Å²) < 4.78 is 39.0. The average Bonchev–Trinajstić information content (AvgIpc) is 3.22. The van der Waals surface area contributed by atoms with Crippen LogP contribution in [0.2, 0.25) is 0 Å². The van der Waals surface area contributed by atoms with Crippen molar-refractivity contribution >= 4 is 35.0 Å². The van der Waals surface area contributed by atoms with Crippen molar-refractivity contribution in [2.24, 2.45) is 0 Å². The molecule has 0 bridgehead atoms. The zero-order valence-corrected chi connectivity index (χ0v) is 23.1. The molecule has 1 aromatic heterocycles. The van der Waals surface area contributed by atoms with Crippen LogP contribution in [0.15, 0.2) is 72.8 Å². The Morgan fingerprint density at radius 2 is 1.55 bits per heavy atom. The van der Waals surface area contributed by atoms with Crippen LogP contribution >= 0.6 is 0 Å². The SMILES string of the molecule is Cc1c(CCCC(=O)O)c2cccc(/C=C/c3ccc(OC/C=C/COc4ccc(F)c(F)c4)cc3)c2n1CC(=O)O. The van der Waals surface area contributed by atoms with Gasteiger partial charge in [-0.05, 0) is 72.9 Å². The van der Waals surface area contributed by atoms with E-state index in [-0.39, 0.29) is 25.3 Å². The molecule has 4 aromatic rings. The molecule has 9 heteroatoms. The van der Waals surface area contributed by atoms with E-state index in [2.05, 4.69) is 0 Å². The van der Waals surface area contributed by atoms with Gasteiger partial charge in [0, 0.05) is 23.6 Å². The quantitative estimate of drug-likeness (QED) is 0.125. The molecule has 0 saturated carbocycles. The number of rotatable bonds is 14. The minimum atomic E-state index is -0.961. The molecule has 0 atom stereocenters. The average molecular weight is 576 g/mol. The molecular weight excluding hydrogens is 544 g/mol. The van der Waals surface area contributed by atoms with Crippen LogP contribution in [0.4, 0.5) is 8.78 Å². The maximum absolute atomic E-state index is 13.2. The summed E-state index contributed by atoms with van der Waals surface area (Å²) in [5.41, 5.74) is 4.38. The van der Waals surface area contributed by atoms with Gasteiger partial charge in [-0.2, -0.15) is 0 Å². The number of halogens is 2. The number of hydrogen-bond donors (Lipinski definition) is 2. The summed E-state index contributed by atoms with van der Waals surface area (Å²) in [6.07, 6.45) is 8.42. The highest BCUT2D eigenvalue weighted by Gasteiger charge is 2.18. The second kappa shape index (κ2) is 14.1. The van der Waals surface area contributed by atoms with Gasteiger partial charge < -0.3 is 24.3 Å². The van der Waals surface area contributed by atoms with Crippen molar-refractivity contribution in [2.75, 3.05) is 13.2 Å². The first-order valence-electron chi connectivity index (χ1n) is 13.4. The van der Waals surface area contributed by atoms with Crippen LogP contribution in [0.3, 0.4) is 0 Å². The van der Waals surface area contributed by atoms with E-state index in [4.69, 9.17) is 14.6 Å². The Morgan fingerprint density at radius 1 is 0.857 bits per heavy atom. The number of aryl methyl sites for hydroxylation is 1. The molecule has 0 fully saturated rings. The van der Waals surface area contributed by atoms with Crippen molar-refractivity contribution in [3.63, 3.8) is 0 Å². The highest BCUT2D eigenvalue weighted by atomic mass is 19.2. The van der Waals surface area contributed by atoms with Crippen molar-refractivity contribution in [3.05, 3.63) is 107 Å². The number of carboxylic acids is 2. The molecule has 0 radical (unpaired) electrons. The van der Waals surface area contributed by atoms with Crippen molar-refractivity contribution < 1.29 is 38.1 Å². The van der Waals surface area contributed by atoms with E-state index in [0.717, 1.165) is 45.4 Å². The summed E-state index contributed by atoms with van der Waals surface area (Å²) in [6, 6.07) is 16.6. The fourth-order valence-corrected chi connectivity index (χ4v) is 4.68. The molecule has 0 spiro atoms. The Hall–Kier alpha value is -4.92.